The number of anilines is 2. The SMILES string of the molecule is O=C(Nc1ccc(-c2ccc(=O)[nH]n2)cc1)C1CCCN(c2ccc(-c3cccs3)nn2)C1. The quantitative estimate of drug-likeness (QED) is 0.471. The number of carbonyl (C=O) groups is 1. The minimum Gasteiger partial charge on any atom is -0.354 e. The number of benzene rings is 1. The van der Waals surface area contributed by atoms with E-state index in [2.05, 4.69) is 30.6 Å². The van der Waals surface area contributed by atoms with Crippen LogP contribution >= 0.6 is 11.3 Å². The van der Waals surface area contributed by atoms with Crippen LogP contribution in [-0.4, -0.2) is 39.4 Å². The number of nitrogens with one attached hydrogen (secondary N) is 2. The molecule has 0 radical (unpaired) electrons. The largest absolute Gasteiger partial charge is 0.354 e. The summed E-state index contributed by atoms with van der Waals surface area (Å²) in [6.07, 6.45) is 1.76. The summed E-state index contributed by atoms with van der Waals surface area (Å²) in [6.45, 7) is 1.47. The molecule has 0 spiro atoms. The lowest BCUT2D eigenvalue weighted by Crippen LogP contribution is -2.41. The summed E-state index contributed by atoms with van der Waals surface area (Å²) in [5.74, 6) is 0.668. The zero-order valence-electron chi connectivity index (χ0n) is 17.8. The smallest absolute Gasteiger partial charge is 0.264 e. The van der Waals surface area contributed by atoms with Crippen molar-refractivity contribution in [1.82, 2.24) is 20.4 Å². The summed E-state index contributed by atoms with van der Waals surface area (Å²) in [6, 6.07) is 18.5. The van der Waals surface area contributed by atoms with E-state index >= 15 is 0 Å². The zero-order chi connectivity index (χ0) is 22.6. The van der Waals surface area contributed by atoms with Gasteiger partial charge in [-0.15, -0.1) is 21.5 Å². The summed E-state index contributed by atoms with van der Waals surface area (Å²) < 4.78 is 0. The van der Waals surface area contributed by atoms with Gasteiger partial charge in [0.1, 0.15) is 5.69 Å². The first kappa shape index (κ1) is 21.0. The van der Waals surface area contributed by atoms with Gasteiger partial charge < -0.3 is 10.2 Å². The van der Waals surface area contributed by atoms with Crippen LogP contribution in [0.3, 0.4) is 0 Å². The number of amides is 1. The van der Waals surface area contributed by atoms with E-state index in [0.29, 0.717) is 12.2 Å². The molecule has 1 aliphatic rings. The van der Waals surface area contributed by atoms with Gasteiger partial charge in [-0.2, -0.15) is 5.10 Å². The van der Waals surface area contributed by atoms with Gasteiger partial charge in [0.15, 0.2) is 5.82 Å². The number of hydrogen-bond donors (Lipinski definition) is 2. The Morgan fingerprint density at radius 1 is 1.03 bits per heavy atom. The molecule has 33 heavy (non-hydrogen) atoms. The molecule has 8 nitrogen and oxygen atoms in total. The molecule has 2 N–H and O–H groups in total. The maximum absolute atomic E-state index is 12.9. The molecule has 1 aromatic carbocycles. The molecule has 1 aliphatic heterocycles. The molecule has 9 heteroatoms. The molecule has 1 fully saturated rings. The highest BCUT2D eigenvalue weighted by Gasteiger charge is 2.27. The van der Waals surface area contributed by atoms with Crippen molar-refractivity contribution < 1.29 is 4.79 Å². The van der Waals surface area contributed by atoms with Crippen LogP contribution in [0.1, 0.15) is 12.8 Å². The normalized spacial score (nSPS) is 15.9. The predicted molar refractivity (Wildman–Crippen MR) is 129 cm³/mol. The lowest BCUT2D eigenvalue weighted by Gasteiger charge is -2.32. The highest BCUT2D eigenvalue weighted by Crippen LogP contribution is 2.26. The Morgan fingerprint density at radius 3 is 2.58 bits per heavy atom. The number of thiophene rings is 1. The highest BCUT2D eigenvalue weighted by atomic mass is 32.1. The fraction of sp³-hybridized carbons (Fsp3) is 0.208. The van der Waals surface area contributed by atoms with E-state index in [1.807, 2.05) is 53.9 Å². The first-order valence-corrected chi connectivity index (χ1v) is 11.6. The maximum Gasteiger partial charge on any atom is 0.264 e. The Morgan fingerprint density at radius 2 is 1.88 bits per heavy atom. The third kappa shape index (κ3) is 4.83. The number of rotatable bonds is 5. The van der Waals surface area contributed by atoms with Crippen molar-refractivity contribution in [3.63, 3.8) is 0 Å². The third-order valence-electron chi connectivity index (χ3n) is 5.67. The van der Waals surface area contributed by atoms with Crippen LogP contribution in [0.25, 0.3) is 21.8 Å². The van der Waals surface area contributed by atoms with Crippen molar-refractivity contribution in [1.29, 1.82) is 0 Å². The van der Waals surface area contributed by atoms with Gasteiger partial charge >= 0.3 is 0 Å². The fourth-order valence-electron chi connectivity index (χ4n) is 3.92. The molecule has 1 atom stereocenters. The third-order valence-corrected chi connectivity index (χ3v) is 6.56. The number of aromatic amines is 1. The van der Waals surface area contributed by atoms with Gasteiger partial charge in [-0.05, 0) is 54.6 Å². The molecule has 0 aliphatic carbocycles. The molecule has 4 heterocycles. The second kappa shape index (κ2) is 9.33. The first-order valence-electron chi connectivity index (χ1n) is 10.8. The summed E-state index contributed by atoms with van der Waals surface area (Å²) in [7, 11) is 0. The maximum atomic E-state index is 12.9. The van der Waals surface area contributed by atoms with Gasteiger partial charge in [0.2, 0.25) is 5.91 Å². The van der Waals surface area contributed by atoms with Crippen LogP contribution in [-0.2, 0) is 4.79 Å². The molecule has 4 aromatic rings. The molecule has 3 aromatic heterocycles. The molecule has 0 bridgehead atoms. The number of piperidine rings is 1. The van der Waals surface area contributed by atoms with Crippen molar-refractivity contribution in [2.45, 2.75) is 12.8 Å². The minimum atomic E-state index is -0.242. The van der Waals surface area contributed by atoms with Crippen molar-refractivity contribution in [3.05, 3.63) is 76.4 Å². The van der Waals surface area contributed by atoms with Crippen LogP contribution < -0.4 is 15.8 Å². The van der Waals surface area contributed by atoms with Crippen LogP contribution in [0.15, 0.2) is 70.8 Å². The second-order valence-corrected chi connectivity index (χ2v) is 8.86. The second-order valence-electron chi connectivity index (χ2n) is 7.91. The van der Waals surface area contributed by atoms with Crippen LogP contribution in [0.2, 0.25) is 0 Å². The molecule has 1 unspecified atom stereocenters. The number of carbonyl (C=O) groups excluding carboxylic acids is 1. The van der Waals surface area contributed by atoms with Gasteiger partial charge in [0, 0.05) is 30.4 Å². The summed E-state index contributed by atoms with van der Waals surface area (Å²) in [5.41, 5.74) is 2.87. The van der Waals surface area contributed by atoms with Crippen LogP contribution in [0.4, 0.5) is 11.5 Å². The first-order chi connectivity index (χ1) is 16.2. The lowest BCUT2D eigenvalue weighted by molar-refractivity contribution is -0.120. The Hall–Kier alpha value is -3.85. The lowest BCUT2D eigenvalue weighted by atomic mass is 9.97. The Labute approximate surface area is 194 Å². The van der Waals surface area contributed by atoms with Gasteiger partial charge in [-0.1, -0.05) is 18.2 Å². The average Bonchev–Trinajstić information content (AvgIpc) is 3.40. The Kier molecular flexibility index (Phi) is 5.95. The van der Waals surface area contributed by atoms with E-state index in [1.165, 1.54) is 6.07 Å². The van der Waals surface area contributed by atoms with E-state index < -0.39 is 0 Å². The van der Waals surface area contributed by atoms with E-state index in [4.69, 9.17) is 0 Å². The number of nitrogens with zero attached hydrogens (tertiary/aromatic N) is 4. The Balaban J connectivity index is 1.22. The topological polar surface area (TPSA) is 104 Å². The van der Waals surface area contributed by atoms with Gasteiger partial charge in [-0.25, -0.2) is 5.10 Å². The van der Waals surface area contributed by atoms with E-state index in [1.54, 1.807) is 17.4 Å². The standard InChI is InChI=1S/C24H22N6O2S/c31-23-12-10-19(26-29-23)16-5-7-18(8-6-16)25-24(32)17-3-1-13-30(15-17)22-11-9-20(27-28-22)21-4-2-14-33-21/h2,4-12,14,17H,1,3,13,15H2,(H,25,32)(H,29,31). The molecular weight excluding hydrogens is 436 g/mol. The summed E-state index contributed by atoms with van der Waals surface area (Å²) in [4.78, 5) is 27.3. The molecule has 0 saturated carbocycles. The number of hydrogen-bond acceptors (Lipinski definition) is 7. The average molecular weight is 459 g/mol. The molecule has 1 saturated heterocycles. The minimum absolute atomic E-state index is 0.00205. The van der Waals surface area contributed by atoms with Crippen LogP contribution in [0, 0.1) is 5.92 Å². The molecule has 166 valence electrons. The van der Waals surface area contributed by atoms with Crippen molar-refractivity contribution in [2.75, 3.05) is 23.3 Å². The number of H-pyrrole nitrogens is 1. The molecule has 5 rings (SSSR count). The highest BCUT2D eigenvalue weighted by molar-refractivity contribution is 7.13. The Bertz CT molecular complexity index is 1270. The molecular formula is C24H22N6O2S. The van der Waals surface area contributed by atoms with Crippen molar-refractivity contribution in [3.8, 4) is 21.8 Å². The summed E-state index contributed by atoms with van der Waals surface area (Å²) >= 11 is 1.64. The van der Waals surface area contributed by atoms with Gasteiger partial charge in [0.05, 0.1) is 16.5 Å². The van der Waals surface area contributed by atoms with E-state index in [-0.39, 0.29) is 17.4 Å². The van der Waals surface area contributed by atoms with Gasteiger partial charge in [0.25, 0.3) is 5.56 Å². The van der Waals surface area contributed by atoms with Gasteiger partial charge in [-0.3, -0.25) is 9.59 Å². The monoisotopic (exact) mass is 458 g/mol. The zero-order valence-corrected chi connectivity index (χ0v) is 18.6. The van der Waals surface area contributed by atoms with Crippen LogP contribution in [0.5, 0.6) is 0 Å². The van der Waals surface area contributed by atoms with E-state index in [0.717, 1.165) is 47.0 Å². The summed E-state index contributed by atoms with van der Waals surface area (Å²) in [5, 5.41) is 20.3. The molecule has 1 amide bonds. The van der Waals surface area contributed by atoms with Crippen molar-refractivity contribution in [2.24, 2.45) is 5.92 Å². The fourth-order valence-corrected chi connectivity index (χ4v) is 4.61. The van der Waals surface area contributed by atoms with E-state index in [9.17, 15) is 9.59 Å². The van der Waals surface area contributed by atoms with Crippen molar-refractivity contribution >= 4 is 28.7 Å². The number of aromatic nitrogens is 4. The predicted octanol–water partition coefficient (Wildman–Crippen LogP) is 3.81.